The number of thiophene rings is 1. The first-order chi connectivity index (χ1) is 11.1. The monoisotopic (exact) mass is 324 g/mol. The first kappa shape index (κ1) is 13.9. The SMILES string of the molecule is O=c1[nH]c2sccc2c(=O)n1C(O)c1ccc2ccccc2c1. The Morgan fingerprint density at radius 1 is 1.04 bits per heavy atom. The largest absolute Gasteiger partial charge is 0.369 e. The quantitative estimate of drug-likeness (QED) is 0.595. The number of fused-ring (bicyclic) bond motifs is 2. The molecule has 0 radical (unpaired) electrons. The van der Waals surface area contributed by atoms with Crippen molar-refractivity contribution in [1.29, 1.82) is 0 Å². The lowest BCUT2D eigenvalue weighted by Gasteiger charge is -2.14. The first-order valence-corrected chi connectivity index (χ1v) is 7.92. The van der Waals surface area contributed by atoms with Gasteiger partial charge >= 0.3 is 5.69 Å². The minimum absolute atomic E-state index is 0.398. The Hall–Kier alpha value is -2.70. The number of aromatic amines is 1. The Morgan fingerprint density at radius 3 is 2.65 bits per heavy atom. The van der Waals surface area contributed by atoms with Gasteiger partial charge in [-0.1, -0.05) is 36.4 Å². The van der Waals surface area contributed by atoms with Crippen LogP contribution in [0.2, 0.25) is 0 Å². The molecule has 0 amide bonds. The summed E-state index contributed by atoms with van der Waals surface area (Å²) in [5.74, 6) is 0. The summed E-state index contributed by atoms with van der Waals surface area (Å²) in [4.78, 5) is 27.8. The normalized spacial score (nSPS) is 12.7. The van der Waals surface area contributed by atoms with Crippen LogP contribution in [0.3, 0.4) is 0 Å². The molecule has 0 aliphatic rings. The van der Waals surface area contributed by atoms with Crippen molar-refractivity contribution < 1.29 is 5.11 Å². The topological polar surface area (TPSA) is 75.1 Å². The molecular weight excluding hydrogens is 312 g/mol. The zero-order valence-electron chi connectivity index (χ0n) is 11.9. The van der Waals surface area contributed by atoms with Gasteiger partial charge in [-0.25, -0.2) is 9.36 Å². The molecule has 2 N–H and O–H groups in total. The van der Waals surface area contributed by atoms with Crippen LogP contribution < -0.4 is 11.2 Å². The Balaban J connectivity index is 1.92. The van der Waals surface area contributed by atoms with Crippen LogP contribution in [0.5, 0.6) is 0 Å². The molecule has 0 saturated heterocycles. The van der Waals surface area contributed by atoms with Crippen LogP contribution in [0, 0.1) is 0 Å². The van der Waals surface area contributed by atoms with E-state index < -0.39 is 17.5 Å². The molecule has 1 unspecified atom stereocenters. The third-order valence-electron chi connectivity index (χ3n) is 3.87. The predicted octanol–water partition coefficient (Wildman–Crippen LogP) is 2.44. The number of aliphatic hydroxyl groups excluding tert-OH is 1. The highest BCUT2D eigenvalue weighted by Gasteiger charge is 2.17. The summed E-state index contributed by atoms with van der Waals surface area (Å²) in [7, 11) is 0. The number of nitrogens with zero attached hydrogens (tertiary/aromatic N) is 1. The molecule has 2 aromatic carbocycles. The molecule has 23 heavy (non-hydrogen) atoms. The number of hydrogen-bond donors (Lipinski definition) is 2. The molecule has 6 heteroatoms. The number of nitrogens with one attached hydrogen (secondary N) is 1. The highest BCUT2D eigenvalue weighted by atomic mass is 32.1. The lowest BCUT2D eigenvalue weighted by molar-refractivity contribution is 0.138. The Kier molecular flexibility index (Phi) is 3.14. The van der Waals surface area contributed by atoms with Gasteiger partial charge < -0.3 is 5.11 Å². The molecule has 0 aliphatic heterocycles. The molecule has 0 bridgehead atoms. The summed E-state index contributed by atoms with van der Waals surface area (Å²) < 4.78 is 0.846. The van der Waals surface area contributed by atoms with E-state index >= 15 is 0 Å². The summed E-state index contributed by atoms with van der Waals surface area (Å²) in [5, 5.41) is 14.6. The van der Waals surface area contributed by atoms with Crippen LogP contribution in [0.25, 0.3) is 21.0 Å². The summed E-state index contributed by atoms with van der Waals surface area (Å²) >= 11 is 1.28. The number of hydrogen-bond acceptors (Lipinski definition) is 4. The molecule has 0 fully saturated rings. The van der Waals surface area contributed by atoms with Gasteiger partial charge in [-0.15, -0.1) is 11.3 Å². The van der Waals surface area contributed by atoms with Crippen LogP contribution >= 0.6 is 11.3 Å². The molecule has 0 aliphatic carbocycles. The van der Waals surface area contributed by atoms with E-state index in [4.69, 9.17) is 0 Å². The van der Waals surface area contributed by atoms with Gasteiger partial charge in [-0.2, -0.15) is 0 Å². The summed E-state index contributed by atoms with van der Waals surface area (Å²) in [5.41, 5.74) is -0.623. The minimum atomic E-state index is -1.33. The van der Waals surface area contributed by atoms with Crippen molar-refractivity contribution in [3.63, 3.8) is 0 Å². The molecule has 2 aromatic heterocycles. The molecule has 114 valence electrons. The lowest BCUT2D eigenvalue weighted by Crippen LogP contribution is -2.38. The van der Waals surface area contributed by atoms with E-state index in [0.717, 1.165) is 15.3 Å². The standard InChI is InChI=1S/C17H12N2O3S/c20-15(12-6-5-10-3-1-2-4-11(10)9-12)19-16(21)13-7-8-23-14(13)18-17(19)22/h1-9,15,20H,(H,18,22). The van der Waals surface area contributed by atoms with E-state index in [0.29, 0.717) is 15.8 Å². The zero-order valence-corrected chi connectivity index (χ0v) is 12.7. The number of H-pyrrole nitrogens is 1. The lowest BCUT2D eigenvalue weighted by atomic mass is 10.1. The van der Waals surface area contributed by atoms with Crippen LogP contribution in [-0.2, 0) is 0 Å². The first-order valence-electron chi connectivity index (χ1n) is 7.04. The fraction of sp³-hybridized carbons (Fsp3) is 0.0588. The second kappa shape index (κ2) is 5.19. The van der Waals surface area contributed by atoms with Gasteiger partial charge in [0.1, 0.15) is 4.83 Å². The Morgan fingerprint density at radius 2 is 1.83 bits per heavy atom. The molecule has 0 saturated carbocycles. The van der Waals surface area contributed by atoms with Gasteiger partial charge in [0.25, 0.3) is 5.56 Å². The van der Waals surface area contributed by atoms with Crippen molar-refractivity contribution in [2.24, 2.45) is 0 Å². The Bertz CT molecular complexity index is 1140. The van der Waals surface area contributed by atoms with Crippen molar-refractivity contribution in [2.45, 2.75) is 6.23 Å². The maximum absolute atomic E-state index is 12.5. The second-order valence-corrected chi connectivity index (χ2v) is 6.17. The number of benzene rings is 2. The van der Waals surface area contributed by atoms with Crippen molar-refractivity contribution >= 4 is 32.3 Å². The summed E-state index contributed by atoms with van der Waals surface area (Å²) in [6.07, 6.45) is -1.33. The molecule has 5 nitrogen and oxygen atoms in total. The summed E-state index contributed by atoms with van der Waals surface area (Å²) in [6.45, 7) is 0. The van der Waals surface area contributed by atoms with Crippen LogP contribution in [0.15, 0.2) is 63.5 Å². The number of aliphatic hydroxyl groups is 1. The molecule has 2 heterocycles. The van der Waals surface area contributed by atoms with Gasteiger partial charge in [0, 0.05) is 5.56 Å². The van der Waals surface area contributed by atoms with Gasteiger partial charge in [-0.05, 0) is 28.3 Å². The van der Waals surface area contributed by atoms with E-state index in [2.05, 4.69) is 4.98 Å². The van der Waals surface area contributed by atoms with Gasteiger partial charge in [0.2, 0.25) is 0 Å². The van der Waals surface area contributed by atoms with E-state index in [1.54, 1.807) is 23.6 Å². The van der Waals surface area contributed by atoms with E-state index in [1.807, 2.05) is 30.3 Å². The van der Waals surface area contributed by atoms with E-state index in [9.17, 15) is 14.7 Å². The highest BCUT2D eigenvalue weighted by molar-refractivity contribution is 7.16. The van der Waals surface area contributed by atoms with Crippen molar-refractivity contribution in [1.82, 2.24) is 9.55 Å². The van der Waals surface area contributed by atoms with Crippen molar-refractivity contribution in [2.75, 3.05) is 0 Å². The molecular formula is C17H12N2O3S. The maximum atomic E-state index is 12.5. The zero-order chi connectivity index (χ0) is 16.0. The average Bonchev–Trinajstić information content (AvgIpc) is 3.02. The van der Waals surface area contributed by atoms with Gasteiger partial charge in [-0.3, -0.25) is 9.78 Å². The Labute approximate surface area is 134 Å². The third-order valence-corrected chi connectivity index (χ3v) is 4.70. The fourth-order valence-electron chi connectivity index (χ4n) is 2.69. The van der Waals surface area contributed by atoms with E-state index in [1.165, 1.54) is 11.3 Å². The number of aromatic nitrogens is 2. The van der Waals surface area contributed by atoms with Crippen LogP contribution in [0.4, 0.5) is 0 Å². The third kappa shape index (κ3) is 2.19. The molecule has 4 rings (SSSR count). The molecule has 4 aromatic rings. The van der Waals surface area contributed by atoms with Crippen LogP contribution in [-0.4, -0.2) is 14.7 Å². The highest BCUT2D eigenvalue weighted by Crippen LogP contribution is 2.21. The van der Waals surface area contributed by atoms with Crippen molar-refractivity contribution in [3.05, 3.63) is 80.3 Å². The van der Waals surface area contributed by atoms with E-state index in [-0.39, 0.29) is 0 Å². The predicted molar refractivity (Wildman–Crippen MR) is 91.0 cm³/mol. The second-order valence-electron chi connectivity index (χ2n) is 5.25. The smallest absolute Gasteiger partial charge is 0.331 e. The minimum Gasteiger partial charge on any atom is -0.369 e. The molecule has 0 spiro atoms. The van der Waals surface area contributed by atoms with Gasteiger partial charge in [0.15, 0.2) is 6.23 Å². The summed E-state index contributed by atoms with van der Waals surface area (Å²) in [6, 6.07) is 14.7. The van der Waals surface area contributed by atoms with Gasteiger partial charge in [0.05, 0.1) is 5.39 Å². The fourth-order valence-corrected chi connectivity index (χ4v) is 3.46. The average molecular weight is 324 g/mol. The van der Waals surface area contributed by atoms with Crippen molar-refractivity contribution in [3.8, 4) is 0 Å². The number of rotatable bonds is 2. The molecule has 1 atom stereocenters. The maximum Gasteiger partial charge on any atom is 0.331 e. The van der Waals surface area contributed by atoms with Crippen LogP contribution in [0.1, 0.15) is 11.8 Å².